The molecule has 4 nitrogen and oxygen atoms in total. The molecule has 4 heteroatoms. The summed E-state index contributed by atoms with van der Waals surface area (Å²) >= 11 is 0. The zero-order valence-electron chi connectivity index (χ0n) is 10.6. The third-order valence-corrected chi connectivity index (χ3v) is 2.81. The van der Waals surface area contributed by atoms with Crippen LogP contribution in [0.15, 0.2) is 24.3 Å². The molecule has 0 spiro atoms. The smallest absolute Gasteiger partial charge is 0.317 e. The van der Waals surface area contributed by atoms with Crippen LogP contribution < -0.4 is 5.32 Å². The highest BCUT2D eigenvalue weighted by Gasteiger charge is 2.13. The maximum absolute atomic E-state index is 11.7. The number of aliphatic hydroxyl groups excluding tert-OH is 1. The summed E-state index contributed by atoms with van der Waals surface area (Å²) in [5.41, 5.74) is 2.26. The van der Waals surface area contributed by atoms with E-state index in [0.29, 0.717) is 6.54 Å². The number of carbonyl (C=O) groups excluding carboxylic acids is 1. The van der Waals surface area contributed by atoms with E-state index in [9.17, 15) is 4.79 Å². The Labute approximate surface area is 102 Å². The summed E-state index contributed by atoms with van der Waals surface area (Å²) in [5.74, 6) is 0. The molecule has 0 aliphatic heterocycles. The van der Waals surface area contributed by atoms with E-state index in [1.807, 2.05) is 31.2 Å². The number of amides is 2. The maximum Gasteiger partial charge on any atom is 0.317 e. The molecule has 0 radical (unpaired) electrons. The molecule has 1 aromatic carbocycles. The van der Waals surface area contributed by atoms with E-state index in [4.69, 9.17) is 5.11 Å². The standard InChI is InChI=1S/C13H20N2O2/c1-10-4-6-12(7-5-10)8-14-13(17)15(3)11(2)9-16/h4-7,11,16H,8-9H2,1-3H3,(H,14,17). The van der Waals surface area contributed by atoms with Gasteiger partial charge >= 0.3 is 6.03 Å². The van der Waals surface area contributed by atoms with Crippen LogP contribution in [0.25, 0.3) is 0 Å². The first-order valence-corrected chi connectivity index (χ1v) is 5.71. The van der Waals surface area contributed by atoms with Crippen molar-refractivity contribution in [2.24, 2.45) is 0 Å². The summed E-state index contributed by atoms with van der Waals surface area (Å²) in [4.78, 5) is 13.2. The second-order valence-corrected chi connectivity index (χ2v) is 4.29. The molecule has 2 N–H and O–H groups in total. The number of aliphatic hydroxyl groups is 1. The van der Waals surface area contributed by atoms with E-state index in [-0.39, 0.29) is 18.7 Å². The van der Waals surface area contributed by atoms with Gasteiger partial charge in [0.25, 0.3) is 0 Å². The molecular weight excluding hydrogens is 216 g/mol. The highest BCUT2D eigenvalue weighted by atomic mass is 16.3. The number of benzene rings is 1. The Morgan fingerprint density at radius 3 is 2.53 bits per heavy atom. The van der Waals surface area contributed by atoms with E-state index in [1.54, 1.807) is 14.0 Å². The van der Waals surface area contributed by atoms with E-state index >= 15 is 0 Å². The number of nitrogens with one attached hydrogen (secondary N) is 1. The van der Waals surface area contributed by atoms with Crippen molar-refractivity contribution >= 4 is 6.03 Å². The van der Waals surface area contributed by atoms with Gasteiger partial charge < -0.3 is 15.3 Å². The Hall–Kier alpha value is -1.55. The van der Waals surface area contributed by atoms with Gasteiger partial charge in [0, 0.05) is 13.6 Å². The van der Waals surface area contributed by atoms with E-state index in [1.165, 1.54) is 10.5 Å². The summed E-state index contributed by atoms with van der Waals surface area (Å²) in [6.07, 6.45) is 0. The van der Waals surface area contributed by atoms with Crippen molar-refractivity contribution in [1.82, 2.24) is 10.2 Å². The van der Waals surface area contributed by atoms with Crippen molar-refractivity contribution in [3.8, 4) is 0 Å². The van der Waals surface area contributed by atoms with Crippen LogP contribution in [0.4, 0.5) is 4.79 Å². The molecule has 0 aromatic heterocycles. The van der Waals surface area contributed by atoms with Crippen LogP contribution in [-0.2, 0) is 6.54 Å². The molecule has 0 aliphatic rings. The summed E-state index contributed by atoms with van der Waals surface area (Å²) in [6.45, 7) is 4.29. The van der Waals surface area contributed by atoms with Crippen molar-refractivity contribution in [2.45, 2.75) is 26.4 Å². The van der Waals surface area contributed by atoms with Gasteiger partial charge in [0.1, 0.15) is 0 Å². The van der Waals surface area contributed by atoms with Crippen molar-refractivity contribution in [2.75, 3.05) is 13.7 Å². The Morgan fingerprint density at radius 1 is 1.41 bits per heavy atom. The number of rotatable bonds is 4. The van der Waals surface area contributed by atoms with Crippen LogP contribution in [-0.4, -0.2) is 35.7 Å². The number of urea groups is 1. The lowest BCUT2D eigenvalue weighted by molar-refractivity contribution is 0.157. The molecule has 0 heterocycles. The van der Waals surface area contributed by atoms with Crippen molar-refractivity contribution < 1.29 is 9.90 Å². The Morgan fingerprint density at radius 2 is 2.00 bits per heavy atom. The first kappa shape index (κ1) is 13.5. The molecule has 0 fully saturated rings. The Balaban J connectivity index is 2.45. The Bertz CT molecular complexity index is 362. The zero-order valence-corrected chi connectivity index (χ0v) is 10.6. The summed E-state index contributed by atoms with van der Waals surface area (Å²) < 4.78 is 0. The number of aryl methyl sites for hydroxylation is 1. The zero-order chi connectivity index (χ0) is 12.8. The highest BCUT2D eigenvalue weighted by Crippen LogP contribution is 2.03. The van der Waals surface area contributed by atoms with Gasteiger partial charge in [-0.25, -0.2) is 4.79 Å². The lowest BCUT2D eigenvalue weighted by Crippen LogP contribution is -2.43. The quantitative estimate of drug-likeness (QED) is 0.832. The minimum atomic E-state index is -0.174. The summed E-state index contributed by atoms with van der Waals surface area (Å²) in [6, 6.07) is 7.67. The third kappa shape index (κ3) is 4.07. The molecular formula is C13H20N2O2. The fourth-order valence-corrected chi connectivity index (χ4v) is 1.33. The van der Waals surface area contributed by atoms with Crippen LogP contribution in [0.3, 0.4) is 0 Å². The first-order valence-electron chi connectivity index (χ1n) is 5.71. The van der Waals surface area contributed by atoms with Crippen LogP contribution in [0.2, 0.25) is 0 Å². The lowest BCUT2D eigenvalue weighted by Gasteiger charge is -2.23. The average molecular weight is 236 g/mol. The SMILES string of the molecule is Cc1ccc(CNC(=O)N(C)C(C)CO)cc1. The van der Waals surface area contributed by atoms with Crippen LogP contribution >= 0.6 is 0 Å². The second-order valence-electron chi connectivity index (χ2n) is 4.29. The predicted octanol–water partition coefficient (Wildman–Crippen LogP) is 1.52. The predicted molar refractivity (Wildman–Crippen MR) is 67.7 cm³/mol. The fourth-order valence-electron chi connectivity index (χ4n) is 1.33. The number of hydrogen-bond donors (Lipinski definition) is 2. The molecule has 0 saturated carbocycles. The van der Waals surface area contributed by atoms with Gasteiger partial charge in [0.15, 0.2) is 0 Å². The fraction of sp³-hybridized carbons (Fsp3) is 0.462. The molecule has 1 rings (SSSR count). The molecule has 0 bridgehead atoms. The van der Waals surface area contributed by atoms with E-state index in [2.05, 4.69) is 5.32 Å². The molecule has 1 unspecified atom stereocenters. The van der Waals surface area contributed by atoms with Crippen molar-refractivity contribution in [3.05, 3.63) is 35.4 Å². The van der Waals surface area contributed by atoms with Gasteiger partial charge in [-0.05, 0) is 19.4 Å². The normalized spacial score (nSPS) is 12.0. The van der Waals surface area contributed by atoms with Gasteiger partial charge in [-0.2, -0.15) is 0 Å². The molecule has 94 valence electrons. The Kier molecular flexibility index (Phi) is 4.97. The van der Waals surface area contributed by atoms with Gasteiger partial charge in [-0.3, -0.25) is 0 Å². The molecule has 1 atom stereocenters. The topological polar surface area (TPSA) is 52.6 Å². The number of nitrogens with zero attached hydrogens (tertiary/aromatic N) is 1. The molecule has 2 amide bonds. The first-order chi connectivity index (χ1) is 8.04. The number of likely N-dealkylation sites (N-methyl/N-ethyl adjacent to an activating group) is 1. The number of hydrogen-bond acceptors (Lipinski definition) is 2. The molecule has 1 aromatic rings. The van der Waals surface area contributed by atoms with E-state index < -0.39 is 0 Å². The molecule has 0 saturated heterocycles. The van der Waals surface area contributed by atoms with E-state index in [0.717, 1.165) is 5.56 Å². The second kappa shape index (κ2) is 6.25. The monoisotopic (exact) mass is 236 g/mol. The summed E-state index contributed by atoms with van der Waals surface area (Å²) in [7, 11) is 1.67. The van der Waals surface area contributed by atoms with Gasteiger partial charge in [0.05, 0.1) is 12.6 Å². The van der Waals surface area contributed by atoms with Crippen LogP contribution in [0.1, 0.15) is 18.1 Å². The maximum atomic E-state index is 11.7. The number of carbonyl (C=O) groups is 1. The molecule has 0 aliphatic carbocycles. The minimum absolute atomic E-state index is 0.0333. The van der Waals surface area contributed by atoms with Crippen molar-refractivity contribution in [3.63, 3.8) is 0 Å². The lowest BCUT2D eigenvalue weighted by atomic mass is 10.1. The minimum Gasteiger partial charge on any atom is -0.394 e. The van der Waals surface area contributed by atoms with Crippen molar-refractivity contribution in [1.29, 1.82) is 0 Å². The highest BCUT2D eigenvalue weighted by molar-refractivity contribution is 5.74. The third-order valence-electron chi connectivity index (χ3n) is 2.81. The van der Waals surface area contributed by atoms with Gasteiger partial charge in [-0.1, -0.05) is 29.8 Å². The van der Waals surface area contributed by atoms with Crippen LogP contribution in [0, 0.1) is 6.92 Å². The average Bonchev–Trinajstić information content (AvgIpc) is 2.35. The van der Waals surface area contributed by atoms with Crippen LogP contribution in [0.5, 0.6) is 0 Å². The van der Waals surface area contributed by atoms with Gasteiger partial charge in [0.2, 0.25) is 0 Å². The largest absolute Gasteiger partial charge is 0.394 e. The van der Waals surface area contributed by atoms with Gasteiger partial charge in [-0.15, -0.1) is 0 Å². The molecule has 17 heavy (non-hydrogen) atoms. The summed E-state index contributed by atoms with van der Waals surface area (Å²) in [5, 5.41) is 11.8.